The largest absolute Gasteiger partial charge is 0.329 e. The second-order valence-electron chi connectivity index (χ2n) is 5.76. The molecule has 0 atom stereocenters. The summed E-state index contributed by atoms with van der Waals surface area (Å²) >= 11 is 0. The fourth-order valence-corrected chi connectivity index (χ4v) is 3.00. The molecule has 2 N–H and O–H groups in total. The van der Waals surface area contributed by atoms with Crippen molar-refractivity contribution in [3.05, 3.63) is 65.9 Å². The number of para-hydroxylation sites is 1. The van der Waals surface area contributed by atoms with Crippen LogP contribution >= 0.6 is 12.4 Å². The quantitative estimate of drug-likeness (QED) is 0.714. The third-order valence-corrected chi connectivity index (χ3v) is 4.10. The van der Waals surface area contributed by atoms with E-state index >= 15 is 0 Å². The van der Waals surface area contributed by atoms with Crippen LogP contribution in [0.4, 0.5) is 0 Å². The first-order valence-electron chi connectivity index (χ1n) is 8.22. The fraction of sp³-hybridized carbons (Fsp3) is 0.316. The number of aromatic nitrogens is 2. The van der Waals surface area contributed by atoms with Crippen molar-refractivity contribution in [3.8, 4) is 0 Å². The lowest BCUT2D eigenvalue weighted by Gasteiger charge is -2.20. The van der Waals surface area contributed by atoms with Crippen molar-refractivity contribution in [3.63, 3.8) is 0 Å². The summed E-state index contributed by atoms with van der Waals surface area (Å²) in [5.41, 5.74) is 9.46. The molecule has 0 fully saturated rings. The summed E-state index contributed by atoms with van der Waals surface area (Å²) in [6.45, 7) is 6.24. The van der Waals surface area contributed by atoms with Crippen LogP contribution in [-0.4, -0.2) is 27.8 Å². The molecule has 128 valence electrons. The number of fused-ring (bicyclic) bond motifs is 1. The maximum Gasteiger partial charge on any atom is 0.0843 e. The first-order valence-corrected chi connectivity index (χ1v) is 8.22. The zero-order valence-corrected chi connectivity index (χ0v) is 14.9. The smallest absolute Gasteiger partial charge is 0.0843 e. The summed E-state index contributed by atoms with van der Waals surface area (Å²) in [4.78, 5) is 2.37. The van der Waals surface area contributed by atoms with Gasteiger partial charge < -0.3 is 5.73 Å². The van der Waals surface area contributed by atoms with Gasteiger partial charge in [0, 0.05) is 38.1 Å². The summed E-state index contributed by atoms with van der Waals surface area (Å²) in [6, 6.07) is 19.0. The molecule has 0 amide bonds. The van der Waals surface area contributed by atoms with Crippen LogP contribution in [0.3, 0.4) is 0 Å². The highest BCUT2D eigenvalue weighted by atomic mass is 35.5. The van der Waals surface area contributed by atoms with E-state index in [4.69, 9.17) is 10.8 Å². The third-order valence-electron chi connectivity index (χ3n) is 4.10. The van der Waals surface area contributed by atoms with Gasteiger partial charge in [-0.2, -0.15) is 5.10 Å². The Labute approximate surface area is 149 Å². The molecule has 5 heteroatoms. The summed E-state index contributed by atoms with van der Waals surface area (Å²) in [5.74, 6) is 0. The number of hydrogen-bond acceptors (Lipinski definition) is 3. The molecule has 0 saturated heterocycles. The lowest BCUT2D eigenvalue weighted by atomic mass is 10.1. The third kappa shape index (κ3) is 4.15. The van der Waals surface area contributed by atoms with Crippen molar-refractivity contribution < 1.29 is 0 Å². The van der Waals surface area contributed by atoms with Gasteiger partial charge in [-0.1, -0.05) is 48.5 Å². The Bertz CT molecular complexity index is 754. The van der Waals surface area contributed by atoms with E-state index in [0.717, 1.165) is 31.9 Å². The number of aryl methyl sites for hydroxylation is 1. The van der Waals surface area contributed by atoms with Crippen molar-refractivity contribution in [2.75, 3.05) is 13.1 Å². The van der Waals surface area contributed by atoms with Crippen molar-refractivity contribution in [2.24, 2.45) is 5.73 Å². The average Bonchev–Trinajstić information content (AvgIpc) is 2.94. The Hall–Kier alpha value is -1.88. The molecule has 2 aromatic carbocycles. The van der Waals surface area contributed by atoms with E-state index in [1.165, 1.54) is 16.5 Å². The highest BCUT2D eigenvalue weighted by Crippen LogP contribution is 2.20. The summed E-state index contributed by atoms with van der Waals surface area (Å²) < 4.78 is 2.08. The lowest BCUT2D eigenvalue weighted by Crippen LogP contribution is -2.29. The standard InChI is InChI=1S/C19H24N4.ClH/c1-2-23-19-11-7-6-10-17(19)18(21-23)15-22(13-12-20)14-16-8-4-3-5-9-16;/h3-11H,2,12-15,20H2,1H3;1H. The van der Waals surface area contributed by atoms with Gasteiger partial charge in [-0.3, -0.25) is 9.58 Å². The SMILES string of the molecule is CCn1nc(CN(CCN)Cc2ccccc2)c2ccccc21.Cl. The lowest BCUT2D eigenvalue weighted by molar-refractivity contribution is 0.261. The van der Waals surface area contributed by atoms with Crippen LogP contribution in [0.5, 0.6) is 0 Å². The Balaban J connectivity index is 0.00000208. The summed E-state index contributed by atoms with van der Waals surface area (Å²) in [7, 11) is 0. The molecule has 24 heavy (non-hydrogen) atoms. The van der Waals surface area contributed by atoms with E-state index in [0.29, 0.717) is 6.54 Å². The van der Waals surface area contributed by atoms with Crippen molar-refractivity contribution >= 4 is 23.3 Å². The molecule has 1 heterocycles. The monoisotopic (exact) mass is 344 g/mol. The van der Waals surface area contributed by atoms with Gasteiger partial charge >= 0.3 is 0 Å². The minimum atomic E-state index is 0. The molecule has 1 aromatic heterocycles. The first-order chi connectivity index (χ1) is 11.3. The maximum absolute atomic E-state index is 5.81. The van der Waals surface area contributed by atoms with Crippen molar-refractivity contribution in [1.29, 1.82) is 0 Å². The van der Waals surface area contributed by atoms with Crippen LogP contribution in [0.1, 0.15) is 18.2 Å². The van der Waals surface area contributed by atoms with Gasteiger partial charge in [-0.05, 0) is 18.6 Å². The fourth-order valence-electron chi connectivity index (χ4n) is 3.00. The highest BCUT2D eigenvalue weighted by Gasteiger charge is 2.13. The average molecular weight is 345 g/mol. The van der Waals surface area contributed by atoms with Gasteiger partial charge in [-0.15, -0.1) is 12.4 Å². The van der Waals surface area contributed by atoms with Gasteiger partial charge in [0.1, 0.15) is 0 Å². The Morgan fingerprint density at radius 3 is 2.42 bits per heavy atom. The molecular weight excluding hydrogens is 320 g/mol. The van der Waals surface area contributed by atoms with Crippen LogP contribution in [0, 0.1) is 0 Å². The minimum absolute atomic E-state index is 0. The number of nitrogens with zero attached hydrogens (tertiary/aromatic N) is 3. The van der Waals surface area contributed by atoms with E-state index in [-0.39, 0.29) is 12.4 Å². The number of hydrogen-bond donors (Lipinski definition) is 1. The number of rotatable bonds is 7. The zero-order chi connectivity index (χ0) is 16.1. The molecule has 0 aliphatic heterocycles. The van der Waals surface area contributed by atoms with Crippen LogP contribution in [0.2, 0.25) is 0 Å². The molecule has 3 aromatic rings. The minimum Gasteiger partial charge on any atom is -0.329 e. The van der Waals surface area contributed by atoms with Gasteiger partial charge in [0.2, 0.25) is 0 Å². The predicted molar refractivity (Wildman–Crippen MR) is 102 cm³/mol. The van der Waals surface area contributed by atoms with Crippen LogP contribution in [0.25, 0.3) is 10.9 Å². The number of halogens is 1. The number of benzene rings is 2. The predicted octanol–water partition coefficient (Wildman–Crippen LogP) is 3.44. The van der Waals surface area contributed by atoms with E-state index < -0.39 is 0 Å². The summed E-state index contributed by atoms with van der Waals surface area (Å²) in [6.07, 6.45) is 0. The van der Waals surface area contributed by atoms with Crippen LogP contribution < -0.4 is 5.73 Å². The molecule has 0 unspecified atom stereocenters. The topological polar surface area (TPSA) is 47.1 Å². The second kappa shape index (κ2) is 8.83. The van der Waals surface area contributed by atoms with E-state index in [1.807, 2.05) is 6.07 Å². The highest BCUT2D eigenvalue weighted by molar-refractivity contribution is 5.85. The molecule has 4 nitrogen and oxygen atoms in total. The molecule has 0 bridgehead atoms. The van der Waals surface area contributed by atoms with Crippen molar-refractivity contribution in [1.82, 2.24) is 14.7 Å². The van der Waals surface area contributed by atoms with Gasteiger partial charge in [0.25, 0.3) is 0 Å². The Kier molecular flexibility index (Phi) is 6.79. The van der Waals surface area contributed by atoms with E-state index in [2.05, 4.69) is 65.0 Å². The molecule has 0 aliphatic rings. The Morgan fingerprint density at radius 1 is 1.00 bits per heavy atom. The second-order valence-corrected chi connectivity index (χ2v) is 5.76. The molecule has 0 aliphatic carbocycles. The molecule has 0 saturated carbocycles. The van der Waals surface area contributed by atoms with Gasteiger partial charge in [-0.25, -0.2) is 0 Å². The molecular formula is C19H25ClN4. The van der Waals surface area contributed by atoms with Crippen LogP contribution in [-0.2, 0) is 19.6 Å². The molecule has 0 radical (unpaired) electrons. The molecule has 0 spiro atoms. The first kappa shape index (κ1) is 18.5. The number of nitrogens with two attached hydrogens (primary N) is 1. The van der Waals surface area contributed by atoms with Crippen LogP contribution in [0.15, 0.2) is 54.6 Å². The van der Waals surface area contributed by atoms with Gasteiger partial charge in [0.15, 0.2) is 0 Å². The zero-order valence-electron chi connectivity index (χ0n) is 14.1. The van der Waals surface area contributed by atoms with E-state index in [1.54, 1.807) is 0 Å². The van der Waals surface area contributed by atoms with Crippen molar-refractivity contribution in [2.45, 2.75) is 26.6 Å². The van der Waals surface area contributed by atoms with Gasteiger partial charge in [0.05, 0.1) is 11.2 Å². The molecule has 3 rings (SSSR count). The normalized spacial score (nSPS) is 11.0. The summed E-state index contributed by atoms with van der Waals surface area (Å²) in [5, 5.41) is 6.05. The Morgan fingerprint density at radius 2 is 1.71 bits per heavy atom. The van der Waals surface area contributed by atoms with E-state index in [9.17, 15) is 0 Å². The maximum atomic E-state index is 5.81.